The maximum atomic E-state index is 13.4. The van der Waals surface area contributed by atoms with Crippen LogP contribution < -0.4 is 25.0 Å². The fraction of sp³-hybridized carbons (Fsp3) is 0.316. The second-order valence-corrected chi connectivity index (χ2v) is 13.1. The van der Waals surface area contributed by atoms with Crippen LogP contribution in [0.25, 0.3) is 16.5 Å². The van der Waals surface area contributed by atoms with Crippen molar-refractivity contribution in [2.24, 2.45) is 0 Å². The van der Waals surface area contributed by atoms with E-state index in [1.165, 1.54) is 0 Å². The lowest BCUT2D eigenvalue weighted by molar-refractivity contribution is -0.135. The number of methoxy groups -OCH3 is 1. The Morgan fingerprint density at radius 1 is 0.980 bits per heavy atom. The molecule has 1 saturated heterocycles. The predicted octanol–water partition coefficient (Wildman–Crippen LogP) is 6.11. The van der Waals surface area contributed by atoms with Gasteiger partial charge in [0.1, 0.15) is 24.3 Å². The van der Waals surface area contributed by atoms with Crippen LogP contribution in [0, 0.1) is 0 Å². The van der Waals surface area contributed by atoms with E-state index in [2.05, 4.69) is 41.3 Å². The summed E-state index contributed by atoms with van der Waals surface area (Å²) in [7, 11) is 3.33. The highest BCUT2D eigenvalue weighted by Crippen LogP contribution is 2.32. The van der Waals surface area contributed by atoms with E-state index in [-0.39, 0.29) is 11.3 Å². The van der Waals surface area contributed by atoms with Gasteiger partial charge in [0.25, 0.3) is 5.91 Å². The molecule has 1 unspecified atom stereocenters. The lowest BCUT2D eigenvalue weighted by atomic mass is 9.92. The minimum Gasteiger partial charge on any atom is -0.492 e. The molecule has 2 aromatic heterocycles. The number of fused-ring (bicyclic) bond motifs is 1. The fourth-order valence-electron chi connectivity index (χ4n) is 5.76. The van der Waals surface area contributed by atoms with E-state index in [9.17, 15) is 9.59 Å². The normalized spacial score (nSPS) is 15.0. The summed E-state index contributed by atoms with van der Waals surface area (Å²) in [5, 5.41) is 12.5. The Kier molecular flexibility index (Phi) is 10.3. The highest BCUT2D eigenvalue weighted by molar-refractivity contribution is 6.07. The number of para-hydroxylation sites is 1. The first-order valence-electron chi connectivity index (χ1n) is 16.6. The van der Waals surface area contributed by atoms with Crippen LogP contribution in [0.1, 0.15) is 26.5 Å². The largest absolute Gasteiger partial charge is 0.492 e. The molecule has 260 valence electrons. The first-order valence-corrected chi connectivity index (χ1v) is 16.6. The minimum absolute atomic E-state index is 0.0724. The number of urea groups is 1. The van der Waals surface area contributed by atoms with E-state index in [4.69, 9.17) is 19.3 Å². The molecule has 0 radical (unpaired) electrons. The second-order valence-electron chi connectivity index (χ2n) is 13.1. The SMILES string of the molecule is COc1ccc(-n2nc(C(C)(C)C)cc2NC(=O)Nc2ccc(OCCN3CCOC(C(=O)N(C)c4ccccc4)C3)c3ccccc23)cn1. The van der Waals surface area contributed by atoms with Gasteiger partial charge in [0, 0.05) is 60.7 Å². The fourth-order valence-corrected chi connectivity index (χ4v) is 5.76. The molecule has 1 fully saturated rings. The number of likely N-dealkylation sites (N-methyl/N-ethyl adjacent to an activating group) is 1. The molecule has 12 heteroatoms. The molecule has 0 saturated carbocycles. The van der Waals surface area contributed by atoms with Gasteiger partial charge < -0.3 is 24.4 Å². The Morgan fingerprint density at radius 2 is 1.74 bits per heavy atom. The highest BCUT2D eigenvalue weighted by atomic mass is 16.5. The van der Waals surface area contributed by atoms with Crippen LogP contribution >= 0.6 is 0 Å². The number of aromatic nitrogens is 3. The van der Waals surface area contributed by atoms with Crippen molar-refractivity contribution in [3.05, 3.63) is 96.8 Å². The molecule has 12 nitrogen and oxygen atoms in total. The molecule has 3 aromatic carbocycles. The summed E-state index contributed by atoms with van der Waals surface area (Å²) in [4.78, 5) is 34.7. The van der Waals surface area contributed by atoms with Crippen LogP contribution in [-0.2, 0) is 14.9 Å². The first-order chi connectivity index (χ1) is 24.1. The smallest absolute Gasteiger partial charge is 0.324 e. The van der Waals surface area contributed by atoms with Crippen LogP contribution in [0.15, 0.2) is 91.1 Å². The van der Waals surface area contributed by atoms with Gasteiger partial charge >= 0.3 is 6.03 Å². The number of carbonyl (C=O) groups excluding carboxylic acids is 2. The van der Waals surface area contributed by atoms with Crippen LogP contribution in [0.4, 0.5) is 22.0 Å². The van der Waals surface area contributed by atoms with E-state index in [0.717, 1.165) is 22.2 Å². The summed E-state index contributed by atoms with van der Waals surface area (Å²) >= 11 is 0. The number of nitrogens with one attached hydrogen (secondary N) is 2. The van der Waals surface area contributed by atoms with Gasteiger partial charge in [0.2, 0.25) is 5.88 Å². The zero-order valence-electron chi connectivity index (χ0n) is 29.1. The van der Waals surface area contributed by atoms with E-state index in [0.29, 0.717) is 61.7 Å². The van der Waals surface area contributed by atoms with Gasteiger partial charge in [0.05, 0.1) is 37.0 Å². The number of nitrogens with zero attached hydrogens (tertiary/aromatic N) is 5. The molecule has 0 bridgehead atoms. The number of rotatable bonds is 10. The quantitative estimate of drug-likeness (QED) is 0.182. The van der Waals surface area contributed by atoms with E-state index < -0.39 is 12.1 Å². The van der Waals surface area contributed by atoms with Crippen LogP contribution in [0.2, 0.25) is 0 Å². The second kappa shape index (κ2) is 15.0. The molecule has 3 amide bonds. The third-order valence-corrected chi connectivity index (χ3v) is 8.59. The van der Waals surface area contributed by atoms with Crippen molar-refractivity contribution in [3.8, 4) is 17.3 Å². The number of ether oxygens (including phenoxy) is 3. The molecule has 1 atom stereocenters. The first kappa shape index (κ1) is 34.4. The van der Waals surface area contributed by atoms with E-state index in [1.807, 2.05) is 78.9 Å². The zero-order chi connectivity index (χ0) is 35.3. The number of anilines is 3. The van der Waals surface area contributed by atoms with E-state index in [1.54, 1.807) is 36.0 Å². The van der Waals surface area contributed by atoms with Crippen LogP contribution in [0.3, 0.4) is 0 Å². The van der Waals surface area contributed by atoms with Crippen molar-refractivity contribution in [1.29, 1.82) is 0 Å². The molecule has 1 aliphatic heterocycles. The molecule has 1 aliphatic rings. The van der Waals surface area contributed by atoms with Gasteiger partial charge in [-0.2, -0.15) is 5.10 Å². The lowest BCUT2D eigenvalue weighted by Crippen LogP contribution is -2.51. The number of benzene rings is 3. The van der Waals surface area contributed by atoms with Gasteiger partial charge in [-0.25, -0.2) is 14.5 Å². The molecule has 2 N–H and O–H groups in total. The number of pyridine rings is 1. The standard InChI is InChI=1S/C38H43N7O5/c1-38(2,3)33-23-34(45(42-33)27-15-18-35(48-5)39-24-27)41-37(47)40-30-16-17-31(29-14-10-9-13-28(29)30)49-21-19-44-20-22-50-32(25-44)36(46)43(4)26-11-7-6-8-12-26/h6-18,23-24,32H,19-22,25H2,1-5H3,(H2,40,41,47). The average molecular weight is 678 g/mol. The third kappa shape index (κ3) is 7.88. The Morgan fingerprint density at radius 3 is 2.46 bits per heavy atom. The van der Waals surface area contributed by atoms with Crippen molar-refractivity contribution < 1.29 is 23.8 Å². The number of morpholine rings is 1. The summed E-state index contributed by atoms with van der Waals surface area (Å²) in [6.07, 6.45) is 1.10. The Hall–Kier alpha value is -5.46. The monoisotopic (exact) mass is 677 g/mol. The van der Waals surface area contributed by atoms with E-state index >= 15 is 0 Å². The Labute approximate surface area is 291 Å². The maximum absolute atomic E-state index is 13.4. The average Bonchev–Trinajstić information content (AvgIpc) is 3.56. The molecule has 6 rings (SSSR count). The molecular weight excluding hydrogens is 634 g/mol. The molecule has 3 heterocycles. The van der Waals surface area contributed by atoms with Crippen molar-refractivity contribution >= 4 is 39.9 Å². The molecule has 0 aliphatic carbocycles. The topological polar surface area (TPSA) is 123 Å². The summed E-state index contributed by atoms with van der Waals surface area (Å²) in [6.45, 7) is 8.93. The van der Waals surface area contributed by atoms with Gasteiger partial charge in [-0.05, 0) is 30.3 Å². The Balaban J connectivity index is 1.11. The number of hydrogen-bond donors (Lipinski definition) is 2. The highest BCUT2D eigenvalue weighted by Gasteiger charge is 2.29. The predicted molar refractivity (Wildman–Crippen MR) is 195 cm³/mol. The lowest BCUT2D eigenvalue weighted by Gasteiger charge is -2.34. The van der Waals surface area contributed by atoms with Gasteiger partial charge in [0.15, 0.2) is 0 Å². The van der Waals surface area contributed by atoms with Crippen molar-refractivity contribution in [3.63, 3.8) is 0 Å². The van der Waals surface area contributed by atoms with Crippen molar-refractivity contribution in [1.82, 2.24) is 19.7 Å². The molecule has 5 aromatic rings. The summed E-state index contributed by atoms with van der Waals surface area (Å²) < 4.78 is 19.0. The summed E-state index contributed by atoms with van der Waals surface area (Å²) in [6, 6.07) is 26.1. The van der Waals surface area contributed by atoms with Crippen molar-refractivity contribution in [2.45, 2.75) is 32.3 Å². The maximum Gasteiger partial charge on any atom is 0.324 e. The molecule has 0 spiro atoms. The van der Waals surface area contributed by atoms with Crippen LogP contribution in [-0.4, -0.2) is 84.7 Å². The number of carbonyl (C=O) groups is 2. The molecular formula is C38H43N7O5. The van der Waals surface area contributed by atoms with Gasteiger partial charge in [-0.3, -0.25) is 15.0 Å². The van der Waals surface area contributed by atoms with Crippen molar-refractivity contribution in [2.75, 3.05) is 62.5 Å². The third-order valence-electron chi connectivity index (χ3n) is 8.59. The van der Waals surface area contributed by atoms with Gasteiger partial charge in [-0.1, -0.05) is 63.2 Å². The molecule has 50 heavy (non-hydrogen) atoms. The minimum atomic E-state index is -0.544. The summed E-state index contributed by atoms with van der Waals surface area (Å²) in [5.74, 6) is 1.62. The number of hydrogen-bond acceptors (Lipinski definition) is 8. The number of amides is 3. The zero-order valence-corrected chi connectivity index (χ0v) is 29.1. The Bertz CT molecular complexity index is 1940. The van der Waals surface area contributed by atoms with Gasteiger partial charge in [-0.15, -0.1) is 0 Å². The van der Waals surface area contributed by atoms with Crippen LogP contribution in [0.5, 0.6) is 11.6 Å². The summed E-state index contributed by atoms with van der Waals surface area (Å²) in [5.41, 5.74) is 2.72.